The minimum atomic E-state index is -4.67. The molecular formula is C22H19F3N4O2. The number of ketones is 1. The van der Waals surface area contributed by atoms with Crippen LogP contribution in [-0.2, 0) is 6.18 Å². The number of nitrogens with zero attached hydrogens (tertiary/aromatic N) is 2. The number of aromatic nitrogens is 2. The first-order valence-electron chi connectivity index (χ1n) is 9.19. The van der Waals surface area contributed by atoms with Crippen molar-refractivity contribution in [2.75, 3.05) is 17.7 Å². The Balaban J connectivity index is 1.94. The second kappa shape index (κ2) is 9.29. The SMILES string of the molecule is C/C=C/C(=O)c1cccc(Nc2nc(Nc3cccc(OC)c3)ncc2C(F)(F)F)c1. The largest absolute Gasteiger partial charge is 0.497 e. The van der Waals surface area contributed by atoms with Crippen LogP contribution < -0.4 is 15.4 Å². The molecule has 0 radical (unpaired) electrons. The minimum Gasteiger partial charge on any atom is -0.497 e. The third kappa shape index (κ3) is 5.59. The summed E-state index contributed by atoms with van der Waals surface area (Å²) in [5, 5.41) is 5.51. The fraction of sp³-hybridized carbons (Fsp3) is 0.136. The number of hydrogen-bond acceptors (Lipinski definition) is 6. The zero-order valence-electron chi connectivity index (χ0n) is 16.7. The van der Waals surface area contributed by atoms with Gasteiger partial charge >= 0.3 is 6.18 Å². The lowest BCUT2D eigenvalue weighted by Gasteiger charge is -2.15. The number of methoxy groups -OCH3 is 1. The molecule has 0 aliphatic heterocycles. The molecule has 1 aromatic heterocycles. The molecule has 0 aliphatic rings. The topological polar surface area (TPSA) is 76.1 Å². The monoisotopic (exact) mass is 428 g/mol. The highest BCUT2D eigenvalue weighted by molar-refractivity contribution is 6.05. The smallest absolute Gasteiger partial charge is 0.421 e. The van der Waals surface area contributed by atoms with Gasteiger partial charge in [0, 0.05) is 29.2 Å². The zero-order valence-corrected chi connectivity index (χ0v) is 16.7. The van der Waals surface area contributed by atoms with Gasteiger partial charge in [-0.25, -0.2) is 4.98 Å². The average molecular weight is 428 g/mol. The van der Waals surface area contributed by atoms with Crippen LogP contribution in [0, 0.1) is 0 Å². The van der Waals surface area contributed by atoms with E-state index < -0.39 is 17.6 Å². The van der Waals surface area contributed by atoms with Gasteiger partial charge in [0.15, 0.2) is 5.78 Å². The van der Waals surface area contributed by atoms with Crippen molar-refractivity contribution in [2.24, 2.45) is 0 Å². The summed E-state index contributed by atoms with van der Waals surface area (Å²) in [6.45, 7) is 1.70. The van der Waals surface area contributed by atoms with E-state index in [-0.39, 0.29) is 17.4 Å². The van der Waals surface area contributed by atoms with Gasteiger partial charge in [0.05, 0.1) is 7.11 Å². The Morgan fingerprint density at radius 3 is 2.45 bits per heavy atom. The number of allylic oxidation sites excluding steroid dienone is 2. The van der Waals surface area contributed by atoms with Gasteiger partial charge in [0.25, 0.3) is 0 Å². The molecule has 0 amide bonds. The Morgan fingerprint density at radius 2 is 1.77 bits per heavy atom. The van der Waals surface area contributed by atoms with Crippen molar-refractivity contribution in [3.8, 4) is 5.75 Å². The molecule has 0 fully saturated rings. The number of rotatable bonds is 7. The maximum Gasteiger partial charge on any atom is 0.421 e. The van der Waals surface area contributed by atoms with E-state index in [0.29, 0.717) is 23.2 Å². The van der Waals surface area contributed by atoms with E-state index in [1.54, 1.807) is 55.5 Å². The Hall–Kier alpha value is -3.88. The van der Waals surface area contributed by atoms with E-state index in [1.165, 1.54) is 19.3 Å². The molecule has 9 heteroatoms. The molecule has 2 N–H and O–H groups in total. The van der Waals surface area contributed by atoms with Gasteiger partial charge in [-0.1, -0.05) is 24.3 Å². The quantitative estimate of drug-likeness (QED) is 0.369. The molecule has 0 bridgehead atoms. The first-order valence-corrected chi connectivity index (χ1v) is 9.19. The van der Waals surface area contributed by atoms with E-state index in [2.05, 4.69) is 20.6 Å². The molecule has 1 heterocycles. The predicted molar refractivity (Wildman–Crippen MR) is 112 cm³/mol. The van der Waals surface area contributed by atoms with Crippen LogP contribution in [0.25, 0.3) is 0 Å². The van der Waals surface area contributed by atoms with Crippen LogP contribution in [0.5, 0.6) is 5.75 Å². The summed E-state index contributed by atoms with van der Waals surface area (Å²) in [5.41, 5.74) is 0.130. The molecule has 6 nitrogen and oxygen atoms in total. The first-order chi connectivity index (χ1) is 14.8. The summed E-state index contributed by atoms with van der Waals surface area (Å²) in [5.74, 6) is -0.170. The van der Waals surface area contributed by atoms with Gasteiger partial charge in [-0.15, -0.1) is 0 Å². The van der Waals surface area contributed by atoms with Crippen molar-refractivity contribution >= 4 is 28.9 Å². The summed E-state index contributed by atoms with van der Waals surface area (Å²) in [6, 6.07) is 13.0. The van der Waals surface area contributed by atoms with Crippen LogP contribution in [-0.4, -0.2) is 22.9 Å². The van der Waals surface area contributed by atoms with Gasteiger partial charge < -0.3 is 15.4 Å². The van der Waals surface area contributed by atoms with E-state index in [9.17, 15) is 18.0 Å². The number of ether oxygens (including phenoxy) is 1. The molecule has 0 saturated heterocycles. The van der Waals surface area contributed by atoms with Crippen molar-refractivity contribution in [1.82, 2.24) is 9.97 Å². The number of halogens is 3. The summed E-state index contributed by atoms with van der Waals surface area (Å²) < 4.78 is 45.6. The van der Waals surface area contributed by atoms with Gasteiger partial charge in [-0.3, -0.25) is 4.79 Å². The molecule has 0 atom stereocenters. The fourth-order valence-corrected chi connectivity index (χ4v) is 2.71. The number of alkyl halides is 3. The Labute approximate surface area is 176 Å². The molecule has 0 aliphatic carbocycles. The average Bonchev–Trinajstić information content (AvgIpc) is 2.73. The van der Waals surface area contributed by atoms with E-state index >= 15 is 0 Å². The third-order valence-corrected chi connectivity index (χ3v) is 4.15. The van der Waals surface area contributed by atoms with Gasteiger partial charge in [-0.05, 0) is 37.3 Å². The van der Waals surface area contributed by atoms with Crippen LogP contribution in [0.1, 0.15) is 22.8 Å². The lowest BCUT2D eigenvalue weighted by atomic mass is 10.1. The number of benzene rings is 2. The molecule has 160 valence electrons. The van der Waals surface area contributed by atoms with Crippen LogP contribution in [0.15, 0.2) is 66.9 Å². The Bertz CT molecular complexity index is 1110. The molecule has 31 heavy (non-hydrogen) atoms. The lowest BCUT2D eigenvalue weighted by Crippen LogP contribution is -2.12. The van der Waals surface area contributed by atoms with Crippen molar-refractivity contribution in [3.05, 3.63) is 78.0 Å². The van der Waals surface area contributed by atoms with E-state index in [1.807, 2.05) is 0 Å². The van der Waals surface area contributed by atoms with Gasteiger partial charge in [0.1, 0.15) is 17.1 Å². The number of nitrogens with one attached hydrogen (secondary N) is 2. The van der Waals surface area contributed by atoms with Crippen molar-refractivity contribution in [2.45, 2.75) is 13.1 Å². The third-order valence-electron chi connectivity index (χ3n) is 4.15. The summed E-state index contributed by atoms with van der Waals surface area (Å²) in [4.78, 5) is 19.8. The Kier molecular flexibility index (Phi) is 6.54. The highest BCUT2D eigenvalue weighted by Crippen LogP contribution is 2.35. The van der Waals surface area contributed by atoms with Crippen molar-refractivity contribution in [1.29, 1.82) is 0 Å². The summed E-state index contributed by atoms with van der Waals surface area (Å²) in [6.07, 6.45) is -1.01. The summed E-state index contributed by atoms with van der Waals surface area (Å²) >= 11 is 0. The highest BCUT2D eigenvalue weighted by Gasteiger charge is 2.35. The fourth-order valence-electron chi connectivity index (χ4n) is 2.71. The Morgan fingerprint density at radius 1 is 1.06 bits per heavy atom. The van der Waals surface area contributed by atoms with E-state index in [4.69, 9.17) is 4.74 Å². The molecule has 0 unspecified atom stereocenters. The minimum absolute atomic E-state index is 0.0371. The molecular weight excluding hydrogens is 409 g/mol. The van der Waals surface area contributed by atoms with Gasteiger partial charge in [-0.2, -0.15) is 18.2 Å². The molecule has 0 spiro atoms. The van der Waals surface area contributed by atoms with Crippen molar-refractivity contribution in [3.63, 3.8) is 0 Å². The second-order valence-corrected chi connectivity index (χ2v) is 6.38. The number of carbonyl (C=O) groups excluding carboxylic acids is 1. The van der Waals surface area contributed by atoms with Gasteiger partial charge in [0.2, 0.25) is 5.95 Å². The van der Waals surface area contributed by atoms with Crippen molar-refractivity contribution < 1.29 is 22.7 Å². The highest BCUT2D eigenvalue weighted by atomic mass is 19.4. The number of hydrogen-bond donors (Lipinski definition) is 2. The van der Waals surface area contributed by atoms with Crippen LogP contribution >= 0.6 is 0 Å². The number of carbonyl (C=O) groups is 1. The molecule has 3 aromatic rings. The summed E-state index contributed by atoms with van der Waals surface area (Å²) in [7, 11) is 1.50. The van der Waals surface area contributed by atoms with Crippen LogP contribution in [0.4, 0.5) is 36.3 Å². The lowest BCUT2D eigenvalue weighted by molar-refractivity contribution is -0.137. The molecule has 3 rings (SSSR count). The number of anilines is 4. The zero-order chi connectivity index (χ0) is 22.4. The normalized spacial score (nSPS) is 11.4. The first kappa shape index (κ1) is 21.8. The molecule has 0 saturated carbocycles. The van der Waals surface area contributed by atoms with E-state index in [0.717, 1.165) is 0 Å². The van der Waals surface area contributed by atoms with Crippen LogP contribution in [0.2, 0.25) is 0 Å². The maximum atomic E-state index is 13.5. The standard InChI is InChI=1S/C22H19F3N4O2/c1-3-6-19(30)14-7-4-8-15(11-14)27-20-18(22(23,24)25)13-26-21(29-20)28-16-9-5-10-17(12-16)31-2/h3-13H,1-2H3,(H2,26,27,28,29)/b6-3+. The maximum absolute atomic E-state index is 13.5. The second-order valence-electron chi connectivity index (χ2n) is 6.38. The van der Waals surface area contributed by atoms with Crippen LogP contribution in [0.3, 0.4) is 0 Å². The molecule has 2 aromatic carbocycles. The predicted octanol–water partition coefficient (Wildman–Crippen LogP) is 5.75.